The molecule has 0 spiro atoms. The Hall–Kier alpha value is -1.40. The Bertz CT molecular complexity index is 738. The molecule has 4 nitrogen and oxygen atoms in total. The lowest BCUT2D eigenvalue weighted by Gasteiger charge is -2.27. The Labute approximate surface area is 172 Å². The molecule has 1 aliphatic heterocycles. The van der Waals surface area contributed by atoms with Gasteiger partial charge in [0, 0.05) is 23.2 Å². The molecule has 1 heterocycles. The molecular formula is C21H22BrClO4. The van der Waals surface area contributed by atoms with Gasteiger partial charge in [0.15, 0.2) is 5.79 Å². The van der Waals surface area contributed by atoms with Gasteiger partial charge in [0.1, 0.15) is 12.7 Å². The van der Waals surface area contributed by atoms with E-state index in [0.29, 0.717) is 12.2 Å². The minimum atomic E-state index is -0.660. The summed E-state index contributed by atoms with van der Waals surface area (Å²) in [4.78, 5) is 12.1. The van der Waals surface area contributed by atoms with Crippen molar-refractivity contribution in [2.45, 2.75) is 31.2 Å². The summed E-state index contributed by atoms with van der Waals surface area (Å²) in [6.07, 6.45) is 2.01. The summed E-state index contributed by atoms with van der Waals surface area (Å²) in [5.74, 6) is -1.01. The van der Waals surface area contributed by atoms with Crippen LogP contribution in [0.25, 0.3) is 0 Å². The standard InChI is InChI=1S/C21H22BrClO4/c22-13-12-21(11-10-16-6-8-18(23)9-7-16)26-15-19(27-21)14-25-20(24)17-4-2-1-3-5-17/h1-9,19H,10-15H2. The van der Waals surface area contributed by atoms with Crippen molar-refractivity contribution in [3.8, 4) is 0 Å². The molecule has 1 fully saturated rings. The maximum Gasteiger partial charge on any atom is 0.338 e. The summed E-state index contributed by atoms with van der Waals surface area (Å²) in [7, 11) is 0. The molecule has 2 atom stereocenters. The number of carbonyl (C=O) groups is 1. The number of ether oxygens (including phenoxy) is 3. The molecular weight excluding hydrogens is 432 g/mol. The van der Waals surface area contributed by atoms with Crippen molar-refractivity contribution in [1.29, 1.82) is 0 Å². The average molecular weight is 454 g/mol. The predicted octanol–water partition coefficient (Wildman–Crippen LogP) is 5.03. The summed E-state index contributed by atoms with van der Waals surface area (Å²) in [5.41, 5.74) is 1.71. The van der Waals surface area contributed by atoms with Crippen LogP contribution in [0, 0.1) is 0 Å². The first-order chi connectivity index (χ1) is 13.1. The second-order valence-electron chi connectivity index (χ2n) is 6.49. The third kappa shape index (κ3) is 5.79. The van der Waals surface area contributed by atoms with E-state index in [1.165, 1.54) is 5.56 Å². The topological polar surface area (TPSA) is 44.8 Å². The Kier molecular flexibility index (Phi) is 7.30. The van der Waals surface area contributed by atoms with E-state index in [9.17, 15) is 4.79 Å². The second kappa shape index (κ2) is 9.69. The number of rotatable bonds is 8. The van der Waals surface area contributed by atoms with Gasteiger partial charge in [-0.2, -0.15) is 0 Å². The number of carbonyl (C=O) groups excluding carboxylic acids is 1. The molecule has 0 radical (unpaired) electrons. The van der Waals surface area contributed by atoms with E-state index in [1.807, 2.05) is 42.5 Å². The van der Waals surface area contributed by atoms with Crippen LogP contribution >= 0.6 is 27.5 Å². The average Bonchev–Trinajstić information content (AvgIpc) is 3.10. The molecule has 0 bridgehead atoms. The van der Waals surface area contributed by atoms with Crippen molar-refractivity contribution in [1.82, 2.24) is 0 Å². The van der Waals surface area contributed by atoms with E-state index in [2.05, 4.69) is 15.9 Å². The zero-order valence-corrected chi connectivity index (χ0v) is 17.2. The molecule has 2 aromatic carbocycles. The van der Waals surface area contributed by atoms with E-state index in [-0.39, 0.29) is 18.7 Å². The van der Waals surface area contributed by atoms with Crippen LogP contribution in [-0.2, 0) is 20.6 Å². The van der Waals surface area contributed by atoms with Gasteiger partial charge in [-0.05, 0) is 36.2 Å². The van der Waals surface area contributed by atoms with Crippen molar-refractivity contribution in [3.05, 3.63) is 70.7 Å². The summed E-state index contributed by atoms with van der Waals surface area (Å²) in [5, 5.41) is 1.49. The third-order valence-corrected chi connectivity index (χ3v) is 5.16. The lowest BCUT2D eigenvalue weighted by molar-refractivity contribution is -0.176. The number of halogens is 2. The van der Waals surface area contributed by atoms with E-state index in [4.69, 9.17) is 25.8 Å². The van der Waals surface area contributed by atoms with Crippen LogP contribution in [0.3, 0.4) is 0 Å². The van der Waals surface area contributed by atoms with E-state index < -0.39 is 5.79 Å². The molecule has 0 N–H and O–H groups in total. The molecule has 0 aliphatic carbocycles. The number of alkyl halides is 1. The SMILES string of the molecule is O=C(OCC1COC(CCBr)(CCc2ccc(Cl)cc2)O1)c1ccccc1. The minimum Gasteiger partial charge on any atom is -0.459 e. The fourth-order valence-corrected chi connectivity index (χ4v) is 3.77. The first-order valence-corrected chi connectivity index (χ1v) is 10.4. The highest BCUT2D eigenvalue weighted by Crippen LogP contribution is 2.33. The Morgan fingerprint density at radius 1 is 1.15 bits per heavy atom. The molecule has 2 aromatic rings. The van der Waals surface area contributed by atoms with Gasteiger partial charge in [-0.25, -0.2) is 4.79 Å². The summed E-state index contributed by atoms with van der Waals surface area (Å²) in [6.45, 7) is 0.592. The molecule has 1 aliphatic rings. The molecule has 6 heteroatoms. The molecule has 1 saturated heterocycles. The monoisotopic (exact) mass is 452 g/mol. The third-order valence-electron chi connectivity index (χ3n) is 4.51. The highest BCUT2D eigenvalue weighted by molar-refractivity contribution is 9.09. The molecule has 144 valence electrons. The Balaban J connectivity index is 1.53. The van der Waals surface area contributed by atoms with E-state index in [1.54, 1.807) is 12.1 Å². The number of aryl methyl sites for hydroxylation is 1. The van der Waals surface area contributed by atoms with Gasteiger partial charge >= 0.3 is 5.97 Å². The van der Waals surface area contributed by atoms with Gasteiger partial charge in [0.2, 0.25) is 0 Å². The van der Waals surface area contributed by atoms with Crippen LogP contribution < -0.4 is 0 Å². The number of benzene rings is 2. The molecule has 2 unspecified atom stereocenters. The van der Waals surface area contributed by atoms with Gasteiger partial charge in [0.05, 0.1) is 12.2 Å². The smallest absolute Gasteiger partial charge is 0.338 e. The van der Waals surface area contributed by atoms with Crippen molar-refractivity contribution in [2.24, 2.45) is 0 Å². The van der Waals surface area contributed by atoms with Gasteiger partial charge < -0.3 is 14.2 Å². The maximum atomic E-state index is 12.1. The van der Waals surface area contributed by atoms with Crippen LogP contribution in [0.2, 0.25) is 5.02 Å². The first-order valence-electron chi connectivity index (χ1n) is 8.95. The van der Waals surface area contributed by atoms with E-state index >= 15 is 0 Å². The summed E-state index contributed by atoms with van der Waals surface area (Å²) < 4.78 is 17.6. The van der Waals surface area contributed by atoms with Crippen molar-refractivity contribution in [3.63, 3.8) is 0 Å². The zero-order chi connectivity index (χ0) is 19.1. The predicted molar refractivity (Wildman–Crippen MR) is 108 cm³/mol. The lowest BCUT2D eigenvalue weighted by Crippen LogP contribution is -2.33. The Morgan fingerprint density at radius 2 is 1.89 bits per heavy atom. The second-order valence-corrected chi connectivity index (χ2v) is 7.72. The van der Waals surface area contributed by atoms with Crippen LogP contribution in [-0.4, -0.2) is 36.4 Å². The minimum absolute atomic E-state index is 0.179. The number of hydrogen-bond acceptors (Lipinski definition) is 4. The molecule has 27 heavy (non-hydrogen) atoms. The van der Waals surface area contributed by atoms with Gasteiger partial charge in [-0.1, -0.05) is 57.9 Å². The maximum absolute atomic E-state index is 12.1. The lowest BCUT2D eigenvalue weighted by atomic mass is 10.0. The molecule has 0 amide bonds. The first kappa shape index (κ1) is 20.3. The van der Waals surface area contributed by atoms with Crippen LogP contribution in [0.1, 0.15) is 28.8 Å². The largest absolute Gasteiger partial charge is 0.459 e. The summed E-state index contributed by atoms with van der Waals surface area (Å²) >= 11 is 9.42. The van der Waals surface area contributed by atoms with Crippen molar-refractivity contribution in [2.75, 3.05) is 18.5 Å². The fraction of sp³-hybridized carbons (Fsp3) is 0.381. The number of hydrogen-bond donors (Lipinski definition) is 0. The zero-order valence-electron chi connectivity index (χ0n) is 14.9. The van der Waals surface area contributed by atoms with Crippen molar-refractivity contribution < 1.29 is 19.0 Å². The fourth-order valence-electron chi connectivity index (χ4n) is 3.04. The van der Waals surface area contributed by atoms with Crippen molar-refractivity contribution >= 4 is 33.5 Å². The molecule has 0 aromatic heterocycles. The summed E-state index contributed by atoms with van der Waals surface area (Å²) in [6, 6.07) is 16.7. The molecule has 0 saturated carbocycles. The Morgan fingerprint density at radius 3 is 2.59 bits per heavy atom. The van der Waals surface area contributed by atoms with Crippen LogP contribution in [0.5, 0.6) is 0 Å². The highest BCUT2D eigenvalue weighted by Gasteiger charge is 2.41. The van der Waals surface area contributed by atoms with Gasteiger partial charge in [-0.15, -0.1) is 0 Å². The van der Waals surface area contributed by atoms with Crippen LogP contribution in [0.15, 0.2) is 54.6 Å². The van der Waals surface area contributed by atoms with Crippen LogP contribution in [0.4, 0.5) is 0 Å². The van der Waals surface area contributed by atoms with Gasteiger partial charge in [0.25, 0.3) is 0 Å². The number of esters is 1. The van der Waals surface area contributed by atoms with Gasteiger partial charge in [-0.3, -0.25) is 0 Å². The highest BCUT2D eigenvalue weighted by atomic mass is 79.9. The normalized spacial score (nSPS) is 21.9. The molecule has 3 rings (SSSR count). The quantitative estimate of drug-likeness (QED) is 0.415. The van der Waals surface area contributed by atoms with E-state index in [0.717, 1.165) is 29.6 Å².